The number of thioether (sulfide) groups is 2. The van der Waals surface area contributed by atoms with E-state index in [1.807, 2.05) is 18.0 Å². The van der Waals surface area contributed by atoms with Gasteiger partial charge < -0.3 is 4.90 Å². The van der Waals surface area contributed by atoms with Crippen molar-refractivity contribution >= 4 is 35.0 Å². The summed E-state index contributed by atoms with van der Waals surface area (Å²) in [6, 6.07) is 2.14. The van der Waals surface area contributed by atoms with Gasteiger partial charge in [-0.1, -0.05) is 6.92 Å². The largest absolute Gasteiger partial charge is 0.340 e. The van der Waals surface area contributed by atoms with Crippen LogP contribution in [0.3, 0.4) is 0 Å². The van der Waals surface area contributed by atoms with Crippen LogP contribution in [0.2, 0.25) is 0 Å². The van der Waals surface area contributed by atoms with Crippen LogP contribution >= 0.6 is 23.5 Å². The Morgan fingerprint density at radius 2 is 2.15 bits per heavy atom. The van der Waals surface area contributed by atoms with Gasteiger partial charge in [-0.3, -0.25) is 4.40 Å². The van der Waals surface area contributed by atoms with E-state index in [1.54, 1.807) is 11.8 Å². The monoisotopic (exact) mass is 308 g/mol. The number of fused-ring (bicyclic) bond motifs is 1. The number of hydrogen-bond donors (Lipinski definition) is 0. The van der Waals surface area contributed by atoms with Crippen LogP contribution < -0.4 is 4.90 Å². The van der Waals surface area contributed by atoms with E-state index in [0.29, 0.717) is 0 Å². The van der Waals surface area contributed by atoms with Crippen molar-refractivity contribution in [2.75, 3.05) is 35.8 Å². The van der Waals surface area contributed by atoms with Gasteiger partial charge in [-0.25, -0.2) is 9.97 Å². The molecule has 3 rings (SSSR count). The molecular formula is C14H20N4S2. The lowest BCUT2D eigenvalue weighted by molar-refractivity contribution is 0.758. The third-order valence-corrected chi connectivity index (χ3v) is 5.09. The number of anilines is 1. The van der Waals surface area contributed by atoms with Crippen molar-refractivity contribution in [1.29, 1.82) is 0 Å². The summed E-state index contributed by atoms with van der Waals surface area (Å²) in [5, 5.41) is 1.08. The van der Waals surface area contributed by atoms with Gasteiger partial charge in [0.05, 0.1) is 11.7 Å². The van der Waals surface area contributed by atoms with E-state index in [1.165, 1.54) is 17.0 Å². The van der Waals surface area contributed by atoms with Gasteiger partial charge >= 0.3 is 0 Å². The van der Waals surface area contributed by atoms with Gasteiger partial charge in [-0.2, -0.15) is 11.8 Å². The zero-order chi connectivity index (χ0) is 13.9. The first-order chi connectivity index (χ1) is 9.83. The summed E-state index contributed by atoms with van der Waals surface area (Å²) < 4.78 is 2.25. The lowest BCUT2D eigenvalue weighted by Gasteiger charge is -2.28. The lowest BCUT2D eigenvalue weighted by Crippen LogP contribution is -2.34. The van der Waals surface area contributed by atoms with Gasteiger partial charge in [-0.15, -0.1) is 11.8 Å². The Kier molecular flexibility index (Phi) is 4.41. The fourth-order valence-electron chi connectivity index (χ4n) is 2.53. The van der Waals surface area contributed by atoms with E-state index < -0.39 is 0 Å². The van der Waals surface area contributed by atoms with Crippen LogP contribution in [0.15, 0.2) is 17.3 Å². The fraction of sp³-hybridized carbons (Fsp3) is 0.571. The highest BCUT2D eigenvalue weighted by Crippen LogP contribution is 2.25. The number of imidazole rings is 1. The summed E-state index contributed by atoms with van der Waals surface area (Å²) in [6.45, 7) is 4.35. The van der Waals surface area contributed by atoms with Crippen LogP contribution in [-0.4, -0.2) is 45.2 Å². The smallest absolute Gasteiger partial charge is 0.212 e. The van der Waals surface area contributed by atoms with Crippen molar-refractivity contribution in [2.24, 2.45) is 0 Å². The third-order valence-electron chi connectivity index (χ3n) is 3.52. The normalized spacial score (nSPS) is 16.0. The maximum Gasteiger partial charge on any atom is 0.212 e. The quantitative estimate of drug-likeness (QED) is 0.641. The molecule has 2 aromatic heterocycles. The first-order valence-electron chi connectivity index (χ1n) is 7.07. The molecule has 0 radical (unpaired) electrons. The minimum atomic E-state index is 1.00. The molecule has 108 valence electrons. The molecule has 1 aliphatic heterocycles. The SMILES string of the molecule is CCCc1ncc2cc(SC)nc(N3CCSCC3)n12. The molecule has 0 aromatic carbocycles. The van der Waals surface area contributed by atoms with Crippen molar-refractivity contribution in [3.05, 3.63) is 18.1 Å². The summed E-state index contributed by atoms with van der Waals surface area (Å²) in [6.07, 6.45) is 6.18. The van der Waals surface area contributed by atoms with Crippen LogP contribution in [-0.2, 0) is 6.42 Å². The summed E-state index contributed by atoms with van der Waals surface area (Å²) in [5.41, 5.74) is 1.17. The van der Waals surface area contributed by atoms with Crippen LogP contribution in [0.5, 0.6) is 0 Å². The van der Waals surface area contributed by atoms with Crippen molar-refractivity contribution in [2.45, 2.75) is 24.8 Å². The molecule has 1 saturated heterocycles. The van der Waals surface area contributed by atoms with Crippen molar-refractivity contribution < 1.29 is 0 Å². The molecule has 3 heterocycles. The van der Waals surface area contributed by atoms with Crippen LogP contribution in [0.1, 0.15) is 19.2 Å². The molecule has 0 spiro atoms. The average molecular weight is 308 g/mol. The number of rotatable bonds is 4. The molecule has 6 heteroatoms. The van der Waals surface area contributed by atoms with Gasteiger partial charge in [0.2, 0.25) is 5.95 Å². The van der Waals surface area contributed by atoms with Gasteiger partial charge in [-0.05, 0) is 18.7 Å². The van der Waals surface area contributed by atoms with Gasteiger partial charge in [0.1, 0.15) is 10.9 Å². The van der Waals surface area contributed by atoms with Crippen LogP contribution in [0, 0.1) is 0 Å². The zero-order valence-corrected chi connectivity index (χ0v) is 13.6. The molecule has 0 bridgehead atoms. The second kappa shape index (κ2) is 6.26. The van der Waals surface area contributed by atoms with Crippen molar-refractivity contribution in [1.82, 2.24) is 14.4 Å². The minimum Gasteiger partial charge on any atom is -0.340 e. The first kappa shape index (κ1) is 14.1. The number of aryl methyl sites for hydroxylation is 1. The summed E-state index contributed by atoms with van der Waals surface area (Å²) >= 11 is 3.73. The van der Waals surface area contributed by atoms with Crippen molar-refractivity contribution in [3.8, 4) is 0 Å². The minimum absolute atomic E-state index is 1.00. The van der Waals surface area contributed by atoms with Crippen LogP contribution in [0.4, 0.5) is 5.95 Å². The highest BCUT2D eigenvalue weighted by Gasteiger charge is 2.18. The summed E-state index contributed by atoms with van der Waals surface area (Å²) in [5.74, 6) is 4.58. The predicted octanol–water partition coefficient (Wildman–Crippen LogP) is 2.96. The van der Waals surface area contributed by atoms with Crippen molar-refractivity contribution in [3.63, 3.8) is 0 Å². The maximum absolute atomic E-state index is 4.86. The van der Waals surface area contributed by atoms with E-state index in [0.717, 1.165) is 42.7 Å². The highest BCUT2D eigenvalue weighted by atomic mass is 32.2. The molecule has 0 unspecified atom stereocenters. The molecule has 1 fully saturated rings. The Morgan fingerprint density at radius 3 is 2.85 bits per heavy atom. The van der Waals surface area contributed by atoms with E-state index in [2.05, 4.69) is 33.5 Å². The number of hydrogen-bond acceptors (Lipinski definition) is 5. The Hall–Kier alpha value is -0.880. The second-order valence-corrected chi connectivity index (χ2v) is 6.93. The fourth-order valence-corrected chi connectivity index (χ4v) is 3.84. The molecule has 0 saturated carbocycles. The molecule has 0 N–H and O–H groups in total. The molecule has 0 atom stereocenters. The molecule has 4 nitrogen and oxygen atoms in total. The Balaban J connectivity index is 2.11. The highest BCUT2D eigenvalue weighted by molar-refractivity contribution is 7.99. The molecule has 20 heavy (non-hydrogen) atoms. The molecule has 0 amide bonds. The number of nitrogens with zero attached hydrogens (tertiary/aromatic N) is 4. The third kappa shape index (κ3) is 2.63. The van der Waals surface area contributed by atoms with Gasteiger partial charge in [0, 0.05) is 31.0 Å². The number of aromatic nitrogens is 3. The maximum atomic E-state index is 4.86. The molecule has 2 aromatic rings. The Morgan fingerprint density at radius 1 is 1.35 bits per heavy atom. The van der Waals surface area contributed by atoms with Gasteiger partial charge in [0.15, 0.2) is 0 Å². The van der Waals surface area contributed by atoms with E-state index in [4.69, 9.17) is 4.98 Å². The van der Waals surface area contributed by atoms with Crippen LogP contribution in [0.25, 0.3) is 5.52 Å². The topological polar surface area (TPSA) is 33.4 Å². The second-order valence-electron chi connectivity index (χ2n) is 4.88. The van der Waals surface area contributed by atoms with E-state index >= 15 is 0 Å². The zero-order valence-electron chi connectivity index (χ0n) is 12.0. The molecule has 0 aliphatic carbocycles. The Labute approximate surface area is 128 Å². The molecular weight excluding hydrogens is 288 g/mol. The van der Waals surface area contributed by atoms with E-state index in [-0.39, 0.29) is 0 Å². The summed E-state index contributed by atoms with van der Waals surface area (Å²) in [4.78, 5) is 11.9. The standard InChI is InChI=1S/C14H20N4S2/c1-3-4-12-15-10-11-9-13(19-2)16-14(18(11)12)17-5-7-20-8-6-17/h9-10H,3-8H2,1-2H3. The van der Waals surface area contributed by atoms with Gasteiger partial charge in [0.25, 0.3) is 0 Å². The average Bonchev–Trinajstić information content (AvgIpc) is 2.91. The Bertz CT molecular complexity index is 590. The summed E-state index contributed by atoms with van der Waals surface area (Å²) in [7, 11) is 0. The lowest BCUT2D eigenvalue weighted by atomic mass is 10.3. The predicted molar refractivity (Wildman–Crippen MR) is 88.3 cm³/mol. The van der Waals surface area contributed by atoms with E-state index in [9.17, 15) is 0 Å². The first-order valence-corrected chi connectivity index (χ1v) is 9.45. The molecule has 1 aliphatic rings.